The fourth-order valence-corrected chi connectivity index (χ4v) is 1.95. The fraction of sp³-hybridized carbons (Fsp3) is 0.462. The van der Waals surface area contributed by atoms with Crippen LogP contribution in [0.5, 0.6) is 11.5 Å². The molecule has 24 heavy (non-hydrogen) atoms. The molecule has 0 heterocycles. The molecule has 0 unspecified atom stereocenters. The highest BCUT2D eigenvalue weighted by Crippen LogP contribution is 2.38. The normalized spacial score (nSPS) is 12.9. The number of rotatable bonds is 7. The summed E-state index contributed by atoms with van der Waals surface area (Å²) in [5.41, 5.74) is -0.331. The molecule has 0 saturated heterocycles. The van der Waals surface area contributed by atoms with Crippen LogP contribution in [0.1, 0.15) is 17.3 Å². The van der Waals surface area contributed by atoms with Crippen LogP contribution in [0.3, 0.4) is 0 Å². The lowest BCUT2D eigenvalue weighted by Crippen LogP contribution is -2.24. The molecule has 0 radical (unpaired) electrons. The summed E-state index contributed by atoms with van der Waals surface area (Å²) >= 11 is 11.4. The van der Waals surface area contributed by atoms with E-state index in [9.17, 15) is 26.7 Å². The van der Waals surface area contributed by atoms with Gasteiger partial charge in [-0.05, 0) is 50.1 Å². The summed E-state index contributed by atoms with van der Waals surface area (Å²) in [5, 5.41) is 0. The van der Waals surface area contributed by atoms with Crippen molar-refractivity contribution >= 4 is 49.2 Å². The van der Waals surface area contributed by atoms with Crippen molar-refractivity contribution in [3.63, 3.8) is 0 Å². The van der Waals surface area contributed by atoms with Crippen molar-refractivity contribution in [1.29, 1.82) is 0 Å². The Bertz CT molecular complexity index is 597. The predicted octanol–water partition coefficient (Wildman–Crippen LogP) is 5.53. The maximum Gasteiger partial charge on any atom is 0.422 e. The number of halogens is 8. The second kappa shape index (κ2) is 7.74. The van der Waals surface area contributed by atoms with Crippen LogP contribution in [-0.4, -0.2) is 33.8 Å². The third-order valence-electron chi connectivity index (χ3n) is 2.34. The van der Waals surface area contributed by atoms with E-state index in [-0.39, 0.29) is 17.1 Å². The zero-order valence-electron chi connectivity index (χ0n) is 11.9. The minimum atomic E-state index is -4.58. The van der Waals surface area contributed by atoms with Gasteiger partial charge in [-0.1, -0.05) is 11.6 Å². The molecular formula is C13H10Br2ClF5O3. The monoisotopic (exact) mass is 502 g/mol. The van der Waals surface area contributed by atoms with Gasteiger partial charge >= 0.3 is 6.18 Å². The Hall–Kier alpha value is -0.610. The third-order valence-corrected chi connectivity index (χ3v) is 3.23. The molecule has 0 atom stereocenters. The Morgan fingerprint density at radius 1 is 1.12 bits per heavy atom. The molecule has 11 heteroatoms. The molecule has 0 aromatic heterocycles. The first kappa shape index (κ1) is 21.4. The quantitative estimate of drug-likeness (QED) is 0.279. The molecule has 0 spiro atoms. The second-order valence-electron chi connectivity index (χ2n) is 4.75. The van der Waals surface area contributed by atoms with Crippen molar-refractivity contribution in [2.24, 2.45) is 0 Å². The Labute approximate surface area is 155 Å². The number of Topliss-reactive ketones (excluding diaryl/α,β-unsaturated/α-hetero) is 1. The van der Waals surface area contributed by atoms with Crippen molar-refractivity contribution in [3.05, 3.63) is 23.8 Å². The first-order chi connectivity index (χ1) is 10.7. The average molecular weight is 504 g/mol. The summed E-state index contributed by atoms with van der Waals surface area (Å²) in [7, 11) is 0. The number of ether oxygens (including phenoxy) is 2. The number of hydrogen-bond acceptors (Lipinski definition) is 3. The highest BCUT2D eigenvalue weighted by molar-refractivity contribution is 9.26. The smallest absolute Gasteiger partial charge is 0.422 e. The molecule has 1 rings (SSSR count). The molecule has 0 saturated carbocycles. The number of ketones is 1. The molecule has 136 valence electrons. The van der Waals surface area contributed by atoms with Gasteiger partial charge in [0.2, 0.25) is 8.48 Å². The van der Waals surface area contributed by atoms with E-state index < -0.39 is 33.8 Å². The molecule has 3 nitrogen and oxygen atoms in total. The van der Waals surface area contributed by atoms with Gasteiger partial charge in [-0.25, -0.2) is 8.78 Å². The lowest BCUT2D eigenvalue weighted by Gasteiger charge is -2.18. The van der Waals surface area contributed by atoms with Crippen LogP contribution >= 0.6 is 43.5 Å². The number of benzene rings is 1. The van der Waals surface area contributed by atoms with Crippen molar-refractivity contribution in [2.75, 3.05) is 13.2 Å². The molecule has 0 aliphatic rings. The minimum Gasteiger partial charge on any atom is -0.487 e. The van der Waals surface area contributed by atoms with Crippen LogP contribution in [0.25, 0.3) is 0 Å². The van der Waals surface area contributed by atoms with E-state index in [0.717, 1.165) is 18.2 Å². The molecular weight excluding hydrogens is 494 g/mol. The maximum absolute atomic E-state index is 12.9. The topological polar surface area (TPSA) is 35.5 Å². The van der Waals surface area contributed by atoms with Gasteiger partial charge in [-0.3, -0.25) is 4.79 Å². The van der Waals surface area contributed by atoms with E-state index in [2.05, 4.69) is 36.6 Å². The molecule has 0 bridgehead atoms. The minimum absolute atomic E-state index is 0.273. The maximum atomic E-state index is 12.9. The highest BCUT2D eigenvalue weighted by atomic mass is 79.9. The number of carbonyl (C=O) groups excluding carboxylic acids is 1. The average Bonchev–Trinajstić information content (AvgIpc) is 2.39. The summed E-state index contributed by atoms with van der Waals surface area (Å²) in [4.78, 5) is 12.2. The van der Waals surface area contributed by atoms with Crippen molar-refractivity contribution < 1.29 is 36.2 Å². The van der Waals surface area contributed by atoms with Crippen molar-refractivity contribution in [2.45, 2.75) is 21.7 Å². The molecule has 0 aliphatic carbocycles. The van der Waals surface area contributed by atoms with Gasteiger partial charge in [0.05, 0.1) is 5.56 Å². The molecule has 0 N–H and O–H groups in total. The van der Waals surface area contributed by atoms with Gasteiger partial charge in [0.25, 0.3) is 5.92 Å². The van der Waals surface area contributed by atoms with Crippen LogP contribution < -0.4 is 9.47 Å². The lowest BCUT2D eigenvalue weighted by molar-refractivity contribution is -0.153. The second-order valence-corrected chi connectivity index (χ2v) is 9.67. The molecule has 0 aliphatic heterocycles. The van der Waals surface area contributed by atoms with Crippen molar-refractivity contribution in [1.82, 2.24) is 0 Å². The van der Waals surface area contributed by atoms with Gasteiger partial charge in [0.15, 0.2) is 13.2 Å². The summed E-state index contributed by atoms with van der Waals surface area (Å²) in [6.45, 7) is -2.01. The van der Waals surface area contributed by atoms with Gasteiger partial charge < -0.3 is 9.47 Å². The molecule has 0 fully saturated rings. The summed E-state index contributed by atoms with van der Waals surface area (Å²) < 4.78 is 70.0. The Morgan fingerprint density at radius 3 is 2.17 bits per heavy atom. The van der Waals surface area contributed by atoms with Gasteiger partial charge in [-0.15, -0.1) is 0 Å². The van der Waals surface area contributed by atoms with Gasteiger partial charge in [0.1, 0.15) is 11.5 Å². The summed E-state index contributed by atoms with van der Waals surface area (Å²) in [6, 6.07) is 3.04. The number of carbonyl (C=O) groups is 1. The highest BCUT2D eigenvalue weighted by Gasteiger charge is 2.34. The molecule has 1 aromatic rings. The van der Waals surface area contributed by atoms with Crippen LogP contribution in [0.2, 0.25) is 0 Å². The van der Waals surface area contributed by atoms with Crippen LogP contribution in [0, 0.1) is 0 Å². The Morgan fingerprint density at radius 2 is 1.71 bits per heavy atom. The van der Waals surface area contributed by atoms with Gasteiger partial charge in [-0.2, -0.15) is 13.2 Å². The largest absolute Gasteiger partial charge is 0.487 e. The Kier molecular flexibility index (Phi) is 6.91. The lowest BCUT2D eigenvalue weighted by atomic mass is 10.1. The predicted molar refractivity (Wildman–Crippen MR) is 84.9 cm³/mol. The molecule has 1 aromatic carbocycles. The van der Waals surface area contributed by atoms with Crippen LogP contribution in [0.4, 0.5) is 22.0 Å². The van der Waals surface area contributed by atoms with Crippen LogP contribution in [0.15, 0.2) is 18.2 Å². The summed E-state index contributed by atoms with van der Waals surface area (Å²) in [6.07, 6.45) is -4.58. The molecule has 0 amide bonds. The zero-order valence-corrected chi connectivity index (χ0v) is 15.8. The van der Waals surface area contributed by atoms with E-state index in [1.54, 1.807) is 0 Å². The standard InChI is InChI=1S/C13H10Br2ClF5O3/c1-11(17,18)5-24-9-3-2-7(23-6-12(19,20)21)4-8(9)10(22)13(14,15)16/h2-4H,5-6H2,1H3. The number of hydrogen-bond donors (Lipinski definition) is 0. The Balaban J connectivity index is 3.12. The first-order valence-electron chi connectivity index (χ1n) is 6.15. The fourth-order valence-electron chi connectivity index (χ4n) is 1.42. The van der Waals surface area contributed by atoms with Crippen LogP contribution in [-0.2, 0) is 0 Å². The zero-order chi connectivity index (χ0) is 18.8. The van der Waals surface area contributed by atoms with Gasteiger partial charge in [0, 0.05) is 6.92 Å². The van der Waals surface area contributed by atoms with E-state index >= 15 is 0 Å². The van der Waals surface area contributed by atoms with E-state index in [4.69, 9.17) is 16.3 Å². The van der Waals surface area contributed by atoms with E-state index in [1.165, 1.54) is 0 Å². The van der Waals surface area contributed by atoms with E-state index in [1.807, 2.05) is 0 Å². The SMILES string of the molecule is CC(F)(F)COc1ccc(OCC(F)(F)F)cc1C(=O)C(Cl)(Br)Br. The third kappa shape index (κ3) is 7.52. The summed E-state index contributed by atoms with van der Waals surface area (Å²) in [5.74, 6) is -4.61. The van der Waals surface area contributed by atoms with Crippen molar-refractivity contribution in [3.8, 4) is 11.5 Å². The number of alkyl halides is 8. The first-order valence-corrected chi connectivity index (χ1v) is 8.11. The van der Waals surface area contributed by atoms with E-state index in [0.29, 0.717) is 6.92 Å².